The van der Waals surface area contributed by atoms with Crippen molar-refractivity contribution in [3.63, 3.8) is 0 Å². The maximum atomic E-state index is 13.4. The van der Waals surface area contributed by atoms with Gasteiger partial charge in [-0.3, -0.25) is 9.59 Å². The number of amides is 1. The number of carbonyl (C=O) groups is 2. The molecule has 4 rings (SSSR count). The van der Waals surface area contributed by atoms with Gasteiger partial charge in [-0.2, -0.15) is 0 Å². The minimum atomic E-state index is -0.676. The lowest BCUT2D eigenvalue weighted by molar-refractivity contribution is -0.140. The summed E-state index contributed by atoms with van der Waals surface area (Å²) in [7, 11) is 0. The number of aliphatic hydroxyl groups is 1. The van der Waals surface area contributed by atoms with Crippen LogP contribution in [0.25, 0.3) is 5.76 Å². The third-order valence-electron chi connectivity index (χ3n) is 7.40. The lowest BCUT2D eigenvalue weighted by Crippen LogP contribution is -2.33. The molecule has 1 aliphatic rings. The predicted octanol–water partition coefficient (Wildman–Crippen LogP) is 6.04. The number of nitrogens with zero attached hydrogens (tertiary/aromatic N) is 2. The number of Topliss-reactive ketones (excluding diaryl/α,β-unsaturated/α-hetero) is 1. The highest BCUT2D eigenvalue weighted by Gasteiger charge is 2.46. The van der Waals surface area contributed by atoms with Crippen LogP contribution in [0.15, 0.2) is 78.4 Å². The second-order valence-electron chi connectivity index (χ2n) is 10.0. The monoisotopic (exact) mass is 526 g/mol. The van der Waals surface area contributed by atoms with E-state index in [-0.39, 0.29) is 11.3 Å². The Hall–Kier alpha value is -3.90. The number of carbonyl (C=O) groups excluding carboxylic acids is 2. The van der Waals surface area contributed by atoms with Gasteiger partial charge in [0, 0.05) is 12.1 Å². The van der Waals surface area contributed by atoms with Gasteiger partial charge < -0.3 is 19.6 Å². The van der Waals surface area contributed by atoms with Gasteiger partial charge in [0.05, 0.1) is 11.6 Å². The molecule has 0 aliphatic carbocycles. The molecule has 1 saturated heterocycles. The fourth-order valence-electron chi connectivity index (χ4n) is 5.08. The Labute approximate surface area is 231 Å². The van der Waals surface area contributed by atoms with E-state index in [1.165, 1.54) is 0 Å². The van der Waals surface area contributed by atoms with E-state index in [4.69, 9.17) is 4.74 Å². The van der Waals surface area contributed by atoms with E-state index in [1.54, 1.807) is 4.90 Å². The van der Waals surface area contributed by atoms with E-state index in [1.807, 2.05) is 86.6 Å². The molecule has 39 heavy (non-hydrogen) atoms. The van der Waals surface area contributed by atoms with Crippen molar-refractivity contribution in [2.24, 2.45) is 0 Å². The number of likely N-dealkylation sites (tertiary alicyclic amines) is 1. The third-order valence-corrected chi connectivity index (χ3v) is 7.40. The molecule has 6 heteroatoms. The zero-order chi connectivity index (χ0) is 27.9. The van der Waals surface area contributed by atoms with Crippen molar-refractivity contribution in [3.8, 4) is 5.75 Å². The van der Waals surface area contributed by atoms with Crippen LogP contribution in [0.3, 0.4) is 0 Å². The summed E-state index contributed by atoms with van der Waals surface area (Å²) in [5.41, 5.74) is 4.34. The molecule has 6 nitrogen and oxygen atoms in total. The van der Waals surface area contributed by atoms with Gasteiger partial charge in [-0.05, 0) is 74.8 Å². The molecule has 1 aliphatic heterocycles. The molecule has 204 valence electrons. The van der Waals surface area contributed by atoms with Gasteiger partial charge >= 0.3 is 0 Å². The minimum absolute atomic E-state index is 0.129. The highest BCUT2D eigenvalue weighted by Crippen LogP contribution is 2.40. The fraction of sp³-hybridized carbons (Fsp3) is 0.333. The van der Waals surface area contributed by atoms with Crippen molar-refractivity contribution in [2.75, 3.05) is 26.2 Å². The maximum absolute atomic E-state index is 13.4. The van der Waals surface area contributed by atoms with Crippen LogP contribution in [0.1, 0.15) is 54.1 Å². The second-order valence-corrected chi connectivity index (χ2v) is 10.0. The van der Waals surface area contributed by atoms with Crippen molar-refractivity contribution in [1.82, 2.24) is 9.80 Å². The Bertz CT molecular complexity index is 1330. The second kappa shape index (κ2) is 12.8. The van der Waals surface area contributed by atoms with Gasteiger partial charge in [-0.15, -0.1) is 0 Å². The van der Waals surface area contributed by atoms with Crippen LogP contribution in [-0.2, 0) is 16.2 Å². The van der Waals surface area contributed by atoms with Crippen LogP contribution < -0.4 is 4.74 Å². The van der Waals surface area contributed by atoms with E-state index in [0.29, 0.717) is 24.5 Å². The largest absolute Gasteiger partial charge is 0.507 e. The van der Waals surface area contributed by atoms with Crippen molar-refractivity contribution in [1.29, 1.82) is 0 Å². The molecule has 3 aromatic rings. The zero-order valence-corrected chi connectivity index (χ0v) is 23.3. The van der Waals surface area contributed by atoms with Gasteiger partial charge in [0.2, 0.25) is 0 Å². The number of hydrogen-bond donors (Lipinski definition) is 1. The molecule has 3 aromatic carbocycles. The van der Waals surface area contributed by atoms with Crippen LogP contribution in [0.5, 0.6) is 5.75 Å². The highest BCUT2D eigenvalue weighted by atomic mass is 16.5. The molecule has 0 spiro atoms. The van der Waals surface area contributed by atoms with Crippen LogP contribution in [-0.4, -0.2) is 52.8 Å². The number of benzene rings is 3. The lowest BCUT2D eigenvalue weighted by Gasteiger charge is -2.27. The summed E-state index contributed by atoms with van der Waals surface area (Å²) in [6, 6.07) is 22.5. The van der Waals surface area contributed by atoms with Gasteiger partial charge in [0.25, 0.3) is 11.7 Å². The predicted molar refractivity (Wildman–Crippen MR) is 155 cm³/mol. The Morgan fingerprint density at radius 3 is 2.31 bits per heavy atom. The quantitative estimate of drug-likeness (QED) is 0.188. The molecule has 0 saturated carbocycles. The van der Waals surface area contributed by atoms with Crippen LogP contribution >= 0.6 is 0 Å². The summed E-state index contributed by atoms with van der Waals surface area (Å²) in [5.74, 6) is -0.660. The summed E-state index contributed by atoms with van der Waals surface area (Å²) in [5, 5.41) is 11.5. The number of rotatable bonds is 11. The molecule has 1 heterocycles. The van der Waals surface area contributed by atoms with E-state index in [0.717, 1.165) is 48.3 Å². The normalized spacial score (nSPS) is 16.7. The van der Waals surface area contributed by atoms with Crippen molar-refractivity contribution >= 4 is 17.4 Å². The van der Waals surface area contributed by atoms with E-state index in [9.17, 15) is 14.7 Å². The third kappa shape index (κ3) is 6.40. The summed E-state index contributed by atoms with van der Waals surface area (Å²) >= 11 is 0. The first kappa shape index (κ1) is 28.1. The molecule has 0 radical (unpaired) electrons. The van der Waals surface area contributed by atoms with Gasteiger partial charge in [0.1, 0.15) is 18.1 Å². The van der Waals surface area contributed by atoms with Crippen molar-refractivity contribution in [3.05, 3.63) is 106 Å². The van der Waals surface area contributed by atoms with Crippen LogP contribution in [0, 0.1) is 13.8 Å². The maximum Gasteiger partial charge on any atom is 0.295 e. The number of aliphatic hydroxyl groups excluding tert-OH is 1. The molecular weight excluding hydrogens is 488 g/mol. The van der Waals surface area contributed by atoms with Gasteiger partial charge in [0.15, 0.2) is 0 Å². The molecule has 1 fully saturated rings. The first-order valence-electron chi connectivity index (χ1n) is 13.7. The highest BCUT2D eigenvalue weighted by molar-refractivity contribution is 6.46. The zero-order valence-electron chi connectivity index (χ0n) is 23.3. The topological polar surface area (TPSA) is 70.1 Å². The number of hydrogen-bond acceptors (Lipinski definition) is 5. The Morgan fingerprint density at radius 1 is 0.949 bits per heavy atom. The minimum Gasteiger partial charge on any atom is -0.507 e. The smallest absolute Gasteiger partial charge is 0.295 e. The summed E-state index contributed by atoms with van der Waals surface area (Å²) in [4.78, 5) is 30.6. The summed E-state index contributed by atoms with van der Waals surface area (Å²) < 4.78 is 5.95. The Kier molecular flexibility index (Phi) is 9.20. The Morgan fingerprint density at radius 2 is 1.64 bits per heavy atom. The molecule has 1 unspecified atom stereocenters. The first-order valence-corrected chi connectivity index (χ1v) is 13.7. The SMILES string of the molecule is CCN(CC)CCCN1C(=O)C(=O)C(=C(O)c2cc(C)ccc2C)C1c1ccc(OCc2ccccc2)cc1. The van der Waals surface area contributed by atoms with E-state index < -0.39 is 17.7 Å². The average molecular weight is 527 g/mol. The number of ether oxygens (including phenoxy) is 1. The van der Waals surface area contributed by atoms with E-state index in [2.05, 4.69) is 18.7 Å². The molecule has 1 N–H and O–H groups in total. The summed E-state index contributed by atoms with van der Waals surface area (Å²) in [6.07, 6.45) is 0.729. The van der Waals surface area contributed by atoms with Gasteiger partial charge in [-0.1, -0.05) is 74.0 Å². The molecule has 1 amide bonds. The van der Waals surface area contributed by atoms with Crippen molar-refractivity contribution < 1.29 is 19.4 Å². The van der Waals surface area contributed by atoms with Crippen LogP contribution in [0.2, 0.25) is 0 Å². The first-order chi connectivity index (χ1) is 18.8. The molecule has 1 atom stereocenters. The number of ketones is 1. The Balaban J connectivity index is 1.68. The van der Waals surface area contributed by atoms with Crippen LogP contribution in [0.4, 0.5) is 0 Å². The van der Waals surface area contributed by atoms with E-state index >= 15 is 0 Å². The van der Waals surface area contributed by atoms with Crippen molar-refractivity contribution in [2.45, 2.75) is 46.8 Å². The number of aryl methyl sites for hydroxylation is 2. The summed E-state index contributed by atoms with van der Waals surface area (Å²) in [6.45, 7) is 11.6. The fourth-order valence-corrected chi connectivity index (χ4v) is 5.08. The molecule has 0 bridgehead atoms. The lowest BCUT2D eigenvalue weighted by atomic mass is 9.93. The molecular formula is C33H38N2O4. The standard InChI is InChI=1S/C33H38N2O4/c1-5-34(6-2)19-10-20-35-30(26-15-17-27(18-16-26)39-22-25-11-8-7-9-12-25)29(32(37)33(35)38)31(36)28-21-23(3)13-14-24(28)4/h7-9,11-18,21,30,36H,5-6,10,19-20,22H2,1-4H3. The molecule has 0 aromatic heterocycles. The average Bonchev–Trinajstić information content (AvgIpc) is 3.21. The van der Waals surface area contributed by atoms with Gasteiger partial charge in [-0.25, -0.2) is 0 Å².